The monoisotopic (exact) mass is 210 g/mol. The van der Waals surface area contributed by atoms with E-state index in [1.165, 1.54) is 19.4 Å². The molecule has 1 amide bonds. The summed E-state index contributed by atoms with van der Waals surface area (Å²) in [6.45, 7) is 1.63. The number of hydrogen-bond acceptors (Lipinski definition) is 5. The first-order chi connectivity index (χ1) is 7.06. The summed E-state index contributed by atoms with van der Waals surface area (Å²) in [5, 5.41) is 19.7. The molecule has 1 aromatic rings. The molecular weight excluding hydrogens is 199 g/mol. The lowest BCUT2D eigenvalue weighted by atomic mass is 10.1. The molecule has 1 heterocycles. The van der Waals surface area contributed by atoms with Crippen LogP contribution in [0.25, 0.3) is 0 Å². The molecule has 0 spiro atoms. The fourth-order valence-electron chi connectivity index (χ4n) is 1.10. The first kappa shape index (κ1) is 11.5. The maximum absolute atomic E-state index is 11.3. The van der Waals surface area contributed by atoms with Crippen molar-refractivity contribution in [3.8, 4) is 5.75 Å². The third-order valence-electron chi connectivity index (χ3n) is 1.87. The normalized spacial score (nSPS) is 9.60. The lowest BCUT2D eigenvalue weighted by Gasteiger charge is -2.10. The highest BCUT2D eigenvalue weighted by Gasteiger charge is 2.17. The molecule has 0 aliphatic heterocycles. The number of carbonyl (C=O) groups is 1. The fraction of sp³-hybridized carbons (Fsp3) is 0.250. The number of nitrogens with zero attached hydrogens (tertiary/aromatic N) is 1. The Kier molecular flexibility index (Phi) is 3.65. The van der Waals surface area contributed by atoms with Crippen molar-refractivity contribution in [2.45, 2.75) is 6.92 Å². The highest BCUT2D eigenvalue weighted by molar-refractivity contribution is 6.33. The second kappa shape index (κ2) is 4.76. The van der Waals surface area contributed by atoms with Crippen LogP contribution in [0.1, 0.15) is 15.9 Å². The minimum Gasteiger partial charge on any atom is -0.510 e. The highest BCUT2D eigenvalue weighted by atomic mass is 16.6. The molecule has 0 saturated carbocycles. The number of nitrogens with one attached hydrogen (secondary N) is 1. The van der Waals surface area contributed by atoms with Crippen LogP contribution in [-0.2, 0) is 0 Å². The van der Waals surface area contributed by atoms with Crippen molar-refractivity contribution < 1.29 is 19.5 Å². The minimum absolute atomic E-state index is 0.158. The quantitative estimate of drug-likeness (QED) is 0.562. The predicted molar refractivity (Wildman–Crippen MR) is 53.2 cm³/mol. The molecule has 7 heteroatoms. The summed E-state index contributed by atoms with van der Waals surface area (Å²) in [6.07, 6.45) is 2.69. The van der Waals surface area contributed by atoms with Crippen LogP contribution >= 0.6 is 0 Å². The van der Waals surface area contributed by atoms with Crippen LogP contribution in [0.4, 0.5) is 0 Å². The molecule has 0 atom stereocenters. The standard InChI is InChI=1S/C8H11BN2O4/c1-5-6(8(12)10-2)3-11-4-7(5)15-9(13)14/h3-4,13-14H,1-2H3,(H,10,12). The van der Waals surface area contributed by atoms with Gasteiger partial charge in [-0.05, 0) is 6.92 Å². The number of rotatable bonds is 3. The van der Waals surface area contributed by atoms with Crippen molar-refractivity contribution in [1.82, 2.24) is 10.3 Å². The van der Waals surface area contributed by atoms with E-state index in [1.54, 1.807) is 6.92 Å². The largest absolute Gasteiger partial charge is 0.707 e. The van der Waals surface area contributed by atoms with E-state index in [4.69, 9.17) is 10.0 Å². The van der Waals surface area contributed by atoms with Crippen molar-refractivity contribution in [1.29, 1.82) is 0 Å². The Hall–Kier alpha value is -1.60. The van der Waals surface area contributed by atoms with Crippen molar-refractivity contribution in [2.24, 2.45) is 0 Å². The average molecular weight is 210 g/mol. The van der Waals surface area contributed by atoms with Crippen LogP contribution in [0.15, 0.2) is 12.4 Å². The summed E-state index contributed by atoms with van der Waals surface area (Å²) in [5.74, 6) is -0.149. The average Bonchev–Trinajstić information content (AvgIpc) is 2.19. The van der Waals surface area contributed by atoms with Gasteiger partial charge in [-0.25, -0.2) is 0 Å². The van der Waals surface area contributed by atoms with E-state index in [9.17, 15) is 4.79 Å². The molecule has 0 unspecified atom stereocenters. The molecule has 0 saturated heterocycles. The van der Waals surface area contributed by atoms with Crippen molar-refractivity contribution in [3.63, 3.8) is 0 Å². The van der Waals surface area contributed by atoms with Crippen molar-refractivity contribution in [2.75, 3.05) is 7.05 Å². The van der Waals surface area contributed by atoms with E-state index in [2.05, 4.69) is 15.0 Å². The van der Waals surface area contributed by atoms with Gasteiger partial charge in [0.15, 0.2) is 0 Å². The Labute approximate surface area is 87.1 Å². The predicted octanol–water partition coefficient (Wildman–Crippen LogP) is -0.902. The van der Waals surface area contributed by atoms with E-state index in [1.807, 2.05) is 0 Å². The van der Waals surface area contributed by atoms with Crippen molar-refractivity contribution in [3.05, 3.63) is 23.5 Å². The van der Waals surface area contributed by atoms with Gasteiger partial charge in [-0.3, -0.25) is 9.78 Å². The molecule has 1 aromatic heterocycles. The highest BCUT2D eigenvalue weighted by Crippen LogP contribution is 2.19. The van der Waals surface area contributed by atoms with Gasteiger partial charge in [0.1, 0.15) is 5.75 Å². The molecule has 0 aliphatic rings. The summed E-state index contributed by atoms with van der Waals surface area (Å²) in [7, 11) is -0.429. The molecular formula is C8H11BN2O4. The zero-order chi connectivity index (χ0) is 11.4. The molecule has 0 fully saturated rings. The van der Waals surface area contributed by atoms with Crippen LogP contribution in [0.3, 0.4) is 0 Å². The molecule has 0 radical (unpaired) electrons. The third kappa shape index (κ3) is 2.68. The van der Waals surface area contributed by atoms with Gasteiger partial charge in [0, 0.05) is 18.8 Å². The summed E-state index contributed by atoms with van der Waals surface area (Å²) in [4.78, 5) is 15.1. The number of hydrogen-bond donors (Lipinski definition) is 3. The topological polar surface area (TPSA) is 91.7 Å². The summed E-state index contributed by atoms with van der Waals surface area (Å²) in [5.41, 5.74) is 0.827. The maximum atomic E-state index is 11.3. The van der Waals surface area contributed by atoms with Gasteiger partial charge in [-0.15, -0.1) is 0 Å². The molecule has 6 nitrogen and oxygen atoms in total. The number of amides is 1. The molecule has 0 aliphatic carbocycles. The smallest absolute Gasteiger partial charge is 0.510 e. The maximum Gasteiger partial charge on any atom is 0.707 e. The second-order valence-corrected chi connectivity index (χ2v) is 2.83. The van der Waals surface area contributed by atoms with E-state index in [0.717, 1.165) is 0 Å². The summed E-state index contributed by atoms with van der Waals surface area (Å²) < 4.78 is 4.65. The molecule has 80 valence electrons. The van der Waals surface area contributed by atoms with Crippen LogP contribution in [0.5, 0.6) is 5.75 Å². The van der Waals surface area contributed by atoms with Crippen molar-refractivity contribution >= 4 is 13.2 Å². The van der Waals surface area contributed by atoms with Gasteiger partial charge < -0.3 is 20.0 Å². The summed E-state index contributed by atoms with van der Waals surface area (Å²) in [6, 6.07) is 0. The minimum atomic E-state index is -1.93. The molecule has 3 N–H and O–H groups in total. The van der Waals surface area contributed by atoms with Gasteiger partial charge >= 0.3 is 7.32 Å². The second-order valence-electron chi connectivity index (χ2n) is 2.83. The van der Waals surface area contributed by atoms with Gasteiger partial charge in [-0.2, -0.15) is 0 Å². The Bertz CT molecular complexity index is 370. The van der Waals surface area contributed by atoms with E-state index in [0.29, 0.717) is 11.1 Å². The zero-order valence-corrected chi connectivity index (χ0v) is 8.39. The van der Waals surface area contributed by atoms with Gasteiger partial charge in [0.05, 0.1) is 11.8 Å². The first-order valence-corrected chi connectivity index (χ1v) is 4.25. The van der Waals surface area contributed by atoms with Gasteiger partial charge in [-0.1, -0.05) is 0 Å². The van der Waals surface area contributed by atoms with E-state index < -0.39 is 7.32 Å². The lowest BCUT2D eigenvalue weighted by Crippen LogP contribution is -2.23. The molecule has 0 aromatic carbocycles. The number of aromatic nitrogens is 1. The molecule has 1 rings (SSSR count). The Morgan fingerprint density at radius 2 is 2.20 bits per heavy atom. The van der Waals surface area contributed by atoms with Crippen LogP contribution in [0.2, 0.25) is 0 Å². The molecule has 0 bridgehead atoms. The van der Waals surface area contributed by atoms with Crippen LogP contribution < -0.4 is 9.97 Å². The number of carbonyl (C=O) groups excluding carboxylic acids is 1. The van der Waals surface area contributed by atoms with Crippen LogP contribution in [0, 0.1) is 6.92 Å². The zero-order valence-electron chi connectivity index (χ0n) is 8.39. The van der Waals surface area contributed by atoms with E-state index >= 15 is 0 Å². The number of pyridine rings is 1. The van der Waals surface area contributed by atoms with Gasteiger partial charge in [0.2, 0.25) is 0 Å². The lowest BCUT2D eigenvalue weighted by molar-refractivity contribution is 0.0961. The Morgan fingerprint density at radius 3 is 2.73 bits per heavy atom. The molecule has 15 heavy (non-hydrogen) atoms. The Morgan fingerprint density at radius 1 is 1.53 bits per heavy atom. The fourth-order valence-corrected chi connectivity index (χ4v) is 1.10. The SMILES string of the molecule is CNC(=O)c1cncc(OB(O)O)c1C. The first-order valence-electron chi connectivity index (χ1n) is 4.25. The Balaban J connectivity index is 3.05. The summed E-state index contributed by atoms with van der Waals surface area (Å²) >= 11 is 0. The van der Waals surface area contributed by atoms with Gasteiger partial charge in [0.25, 0.3) is 5.91 Å². The van der Waals surface area contributed by atoms with E-state index in [-0.39, 0.29) is 11.7 Å². The van der Waals surface area contributed by atoms with Crippen LogP contribution in [-0.4, -0.2) is 35.3 Å². The third-order valence-corrected chi connectivity index (χ3v) is 1.87.